The Kier molecular flexibility index (Phi) is 3.10. The molecule has 0 saturated carbocycles. The first-order valence-electron chi connectivity index (χ1n) is 5.50. The number of hydrogen-bond acceptors (Lipinski definition) is 6. The average Bonchev–Trinajstić information content (AvgIpc) is 2.80. The SMILES string of the molecule is N#CC1=C(N)N(C(=O)c2ccccc2)NC1(C#N)C#N. The lowest BCUT2D eigenvalue weighted by Gasteiger charge is -2.20. The van der Waals surface area contributed by atoms with Crippen LogP contribution in [0.2, 0.25) is 0 Å². The van der Waals surface area contributed by atoms with Gasteiger partial charge in [-0.2, -0.15) is 21.2 Å². The fourth-order valence-corrected chi connectivity index (χ4v) is 1.79. The number of rotatable bonds is 1. The standard InChI is InChI=1S/C13H8N6O/c14-6-10-11(17)19(18-13(10,7-15)8-16)12(20)9-4-2-1-3-5-9/h1-5,18H,17H2. The van der Waals surface area contributed by atoms with Crippen LogP contribution >= 0.6 is 0 Å². The van der Waals surface area contributed by atoms with Crippen molar-refractivity contribution in [1.82, 2.24) is 10.4 Å². The lowest BCUT2D eigenvalue weighted by atomic mass is 9.96. The van der Waals surface area contributed by atoms with Crippen LogP contribution in [0.4, 0.5) is 0 Å². The van der Waals surface area contributed by atoms with E-state index in [4.69, 9.17) is 21.5 Å². The van der Waals surface area contributed by atoms with Crippen LogP contribution in [0, 0.1) is 34.0 Å². The monoisotopic (exact) mass is 264 g/mol. The van der Waals surface area contributed by atoms with Gasteiger partial charge in [0.1, 0.15) is 29.6 Å². The zero-order valence-corrected chi connectivity index (χ0v) is 10.2. The molecule has 0 radical (unpaired) electrons. The number of benzene rings is 1. The maximum absolute atomic E-state index is 12.3. The highest BCUT2D eigenvalue weighted by atomic mass is 16.2. The Morgan fingerprint density at radius 3 is 2.25 bits per heavy atom. The van der Waals surface area contributed by atoms with Gasteiger partial charge in [-0.1, -0.05) is 18.2 Å². The molecule has 2 rings (SSSR count). The van der Waals surface area contributed by atoms with Crippen LogP contribution in [-0.4, -0.2) is 16.5 Å². The molecule has 0 saturated heterocycles. The quantitative estimate of drug-likeness (QED) is 0.741. The second kappa shape index (κ2) is 4.74. The van der Waals surface area contributed by atoms with Gasteiger partial charge >= 0.3 is 0 Å². The van der Waals surface area contributed by atoms with E-state index in [-0.39, 0.29) is 11.4 Å². The van der Waals surface area contributed by atoms with Crippen LogP contribution in [0.1, 0.15) is 10.4 Å². The number of nitrogens with two attached hydrogens (primary N) is 1. The molecule has 7 heteroatoms. The van der Waals surface area contributed by atoms with Crippen molar-refractivity contribution in [2.45, 2.75) is 5.54 Å². The smallest absolute Gasteiger partial charge is 0.274 e. The third kappa shape index (κ3) is 1.74. The first-order chi connectivity index (χ1) is 9.59. The molecule has 0 unspecified atom stereocenters. The number of nitriles is 3. The molecule has 1 heterocycles. The van der Waals surface area contributed by atoms with Crippen LogP contribution < -0.4 is 11.2 Å². The predicted octanol–water partition coefficient (Wildman–Crippen LogP) is 0.127. The number of nitrogens with one attached hydrogen (secondary N) is 1. The molecule has 96 valence electrons. The summed E-state index contributed by atoms with van der Waals surface area (Å²) in [5.74, 6) is -0.798. The van der Waals surface area contributed by atoms with Gasteiger partial charge in [-0.05, 0) is 12.1 Å². The fraction of sp³-hybridized carbons (Fsp3) is 0.0769. The average molecular weight is 264 g/mol. The van der Waals surface area contributed by atoms with E-state index in [2.05, 4.69) is 5.43 Å². The normalized spacial score (nSPS) is 16.1. The van der Waals surface area contributed by atoms with Gasteiger partial charge in [-0.3, -0.25) is 4.79 Å². The highest BCUT2D eigenvalue weighted by molar-refractivity contribution is 5.95. The minimum absolute atomic E-state index is 0.246. The summed E-state index contributed by atoms with van der Waals surface area (Å²) in [5.41, 5.74) is 6.17. The summed E-state index contributed by atoms with van der Waals surface area (Å²) in [7, 11) is 0. The second-order valence-electron chi connectivity index (χ2n) is 3.96. The van der Waals surface area contributed by atoms with E-state index >= 15 is 0 Å². The van der Waals surface area contributed by atoms with E-state index in [1.807, 2.05) is 0 Å². The summed E-state index contributed by atoms with van der Waals surface area (Å²) < 4.78 is 0. The lowest BCUT2D eigenvalue weighted by Crippen LogP contribution is -2.49. The maximum atomic E-state index is 12.3. The zero-order chi connectivity index (χ0) is 14.8. The van der Waals surface area contributed by atoms with Gasteiger partial charge in [-0.25, -0.2) is 5.01 Å². The van der Waals surface area contributed by atoms with E-state index in [1.165, 1.54) is 0 Å². The highest BCUT2D eigenvalue weighted by Gasteiger charge is 2.47. The molecule has 0 bridgehead atoms. The molecule has 1 aromatic rings. The Labute approximate surface area is 114 Å². The van der Waals surface area contributed by atoms with Crippen molar-refractivity contribution in [1.29, 1.82) is 15.8 Å². The van der Waals surface area contributed by atoms with Gasteiger partial charge in [0.25, 0.3) is 5.91 Å². The first kappa shape index (κ1) is 13.1. The van der Waals surface area contributed by atoms with E-state index in [1.54, 1.807) is 48.5 Å². The fourth-order valence-electron chi connectivity index (χ4n) is 1.79. The second-order valence-corrected chi connectivity index (χ2v) is 3.96. The summed E-state index contributed by atoms with van der Waals surface area (Å²) in [6.07, 6.45) is 0. The molecule has 1 amide bonds. The number of nitrogens with zero attached hydrogens (tertiary/aromatic N) is 4. The van der Waals surface area contributed by atoms with Crippen molar-refractivity contribution < 1.29 is 4.79 Å². The summed E-state index contributed by atoms with van der Waals surface area (Å²) in [4.78, 5) is 12.3. The van der Waals surface area contributed by atoms with E-state index in [9.17, 15) is 4.79 Å². The van der Waals surface area contributed by atoms with Gasteiger partial charge in [0, 0.05) is 5.56 Å². The number of carbonyl (C=O) groups excluding carboxylic acids is 1. The topological polar surface area (TPSA) is 130 Å². The molecule has 0 fully saturated rings. The minimum atomic E-state index is -1.94. The first-order valence-corrected chi connectivity index (χ1v) is 5.50. The molecule has 1 aliphatic heterocycles. The Hall–Kier alpha value is -3.34. The predicted molar refractivity (Wildman–Crippen MR) is 66.5 cm³/mol. The lowest BCUT2D eigenvalue weighted by molar-refractivity contribution is 0.0736. The number of hydrazine groups is 1. The minimum Gasteiger partial charge on any atom is -0.383 e. The summed E-state index contributed by atoms with van der Waals surface area (Å²) in [6.45, 7) is 0. The van der Waals surface area contributed by atoms with Crippen molar-refractivity contribution in [2.75, 3.05) is 0 Å². The van der Waals surface area contributed by atoms with E-state index in [0.29, 0.717) is 5.56 Å². The highest BCUT2D eigenvalue weighted by Crippen LogP contribution is 2.27. The molecule has 0 aliphatic carbocycles. The number of carbonyl (C=O) groups is 1. The van der Waals surface area contributed by atoms with E-state index in [0.717, 1.165) is 5.01 Å². The Morgan fingerprint density at radius 2 is 1.80 bits per heavy atom. The molecular weight excluding hydrogens is 256 g/mol. The molecular formula is C13H8N6O. The molecule has 20 heavy (non-hydrogen) atoms. The van der Waals surface area contributed by atoms with Crippen LogP contribution in [0.15, 0.2) is 41.7 Å². The molecule has 0 aromatic heterocycles. The Morgan fingerprint density at radius 1 is 1.20 bits per heavy atom. The Balaban J connectivity index is 2.47. The van der Waals surface area contributed by atoms with Crippen LogP contribution in [0.3, 0.4) is 0 Å². The maximum Gasteiger partial charge on any atom is 0.274 e. The van der Waals surface area contributed by atoms with Crippen LogP contribution in [0.5, 0.6) is 0 Å². The zero-order valence-electron chi connectivity index (χ0n) is 10.2. The van der Waals surface area contributed by atoms with Gasteiger partial charge < -0.3 is 5.73 Å². The summed E-state index contributed by atoms with van der Waals surface area (Å²) in [5, 5.41) is 28.1. The molecule has 7 nitrogen and oxygen atoms in total. The van der Waals surface area contributed by atoms with Crippen molar-refractivity contribution in [3.05, 3.63) is 47.3 Å². The molecule has 3 N–H and O–H groups in total. The van der Waals surface area contributed by atoms with Crippen molar-refractivity contribution in [2.24, 2.45) is 5.73 Å². The van der Waals surface area contributed by atoms with Crippen molar-refractivity contribution >= 4 is 5.91 Å². The largest absolute Gasteiger partial charge is 0.383 e. The van der Waals surface area contributed by atoms with Crippen molar-refractivity contribution in [3.8, 4) is 18.2 Å². The van der Waals surface area contributed by atoms with Crippen molar-refractivity contribution in [3.63, 3.8) is 0 Å². The third-order valence-electron chi connectivity index (χ3n) is 2.82. The molecule has 0 atom stereocenters. The van der Waals surface area contributed by atoms with Gasteiger partial charge in [0.05, 0.1) is 0 Å². The number of amides is 1. The summed E-state index contributed by atoms with van der Waals surface area (Å²) >= 11 is 0. The molecule has 1 aromatic carbocycles. The van der Waals surface area contributed by atoms with Crippen LogP contribution in [-0.2, 0) is 0 Å². The van der Waals surface area contributed by atoms with Gasteiger partial charge in [0.15, 0.2) is 0 Å². The van der Waals surface area contributed by atoms with Gasteiger partial charge in [-0.15, -0.1) is 0 Å². The molecule has 0 spiro atoms. The van der Waals surface area contributed by atoms with E-state index < -0.39 is 11.4 Å². The number of hydrogen-bond donors (Lipinski definition) is 2. The van der Waals surface area contributed by atoms with Gasteiger partial charge in [0.2, 0.25) is 5.54 Å². The molecule has 1 aliphatic rings. The Bertz CT molecular complexity index is 702. The van der Waals surface area contributed by atoms with Crippen LogP contribution in [0.25, 0.3) is 0 Å². The third-order valence-corrected chi connectivity index (χ3v) is 2.82. The summed E-state index contributed by atoms with van der Waals surface area (Å²) in [6, 6.07) is 13.2.